The number of hydrogen-bond donors (Lipinski definition) is 0. The number of likely N-dealkylation sites (N-methyl/N-ethyl adjacent to an activating group) is 1. The van der Waals surface area contributed by atoms with Gasteiger partial charge in [0.1, 0.15) is 6.04 Å². The van der Waals surface area contributed by atoms with Crippen LogP contribution in [0.2, 0.25) is 0 Å². The minimum atomic E-state index is -0.0641. The van der Waals surface area contributed by atoms with Gasteiger partial charge in [-0.05, 0) is 26.4 Å². The smallest absolute Gasteiger partial charge is 0.323 e. The third kappa shape index (κ3) is 1.64. The number of likely N-dealkylation sites (tertiary alicyclic amines) is 2. The predicted octanol–water partition coefficient (Wildman–Crippen LogP) is -0.0622. The van der Waals surface area contributed by atoms with Crippen molar-refractivity contribution >= 4 is 5.97 Å². The second-order valence-electron chi connectivity index (χ2n) is 4.27. The molecule has 2 heterocycles. The fourth-order valence-electron chi connectivity index (χ4n) is 2.42. The molecular weight excluding hydrogens is 180 g/mol. The van der Waals surface area contributed by atoms with E-state index in [1.807, 2.05) is 0 Å². The highest BCUT2D eigenvalue weighted by Gasteiger charge is 2.40. The Labute approximate surface area is 84.8 Å². The topological polar surface area (TPSA) is 32.8 Å². The Kier molecular flexibility index (Phi) is 2.74. The molecule has 4 heteroatoms. The summed E-state index contributed by atoms with van der Waals surface area (Å²) >= 11 is 0. The number of rotatable bonds is 2. The third-order valence-corrected chi connectivity index (χ3v) is 3.37. The first kappa shape index (κ1) is 9.93. The van der Waals surface area contributed by atoms with E-state index in [2.05, 4.69) is 16.8 Å². The molecule has 0 amide bonds. The van der Waals surface area contributed by atoms with Gasteiger partial charge in [0.25, 0.3) is 0 Å². The monoisotopic (exact) mass is 198 g/mol. The van der Waals surface area contributed by atoms with Crippen molar-refractivity contribution in [1.82, 2.24) is 9.80 Å². The van der Waals surface area contributed by atoms with E-state index in [1.54, 1.807) is 0 Å². The Morgan fingerprint density at radius 1 is 1.36 bits per heavy atom. The normalized spacial score (nSPS) is 34.1. The molecule has 0 aromatic heterocycles. The first-order valence-electron chi connectivity index (χ1n) is 5.24. The summed E-state index contributed by atoms with van der Waals surface area (Å²) in [5.41, 5.74) is 0. The van der Waals surface area contributed by atoms with Crippen LogP contribution in [0.4, 0.5) is 0 Å². The maximum absolute atomic E-state index is 11.4. The lowest BCUT2D eigenvalue weighted by atomic mass is 9.99. The number of ether oxygens (including phenoxy) is 1. The van der Waals surface area contributed by atoms with E-state index in [9.17, 15) is 4.79 Å². The summed E-state index contributed by atoms with van der Waals surface area (Å²) < 4.78 is 4.78. The molecule has 2 aliphatic heterocycles. The maximum Gasteiger partial charge on any atom is 0.323 e. The van der Waals surface area contributed by atoms with E-state index >= 15 is 0 Å². The van der Waals surface area contributed by atoms with Crippen molar-refractivity contribution in [3.05, 3.63) is 0 Å². The molecule has 2 rings (SSSR count). The van der Waals surface area contributed by atoms with E-state index in [0.717, 1.165) is 26.1 Å². The summed E-state index contributed by atoms with van der Waals surface area (Å²) in [6, 6.07) is 0.606. The molecule has 0 aromatic rings. The average molecular weight is 198 g/mol. The lowest BCUT2D eigenvalue weighted by Crippen LogP contribution is -2.57. The number of hydrogen-bond acceptors (Lipinski definition) is 4. The zero-order valence-corrected chi connectivity index (χ0v) is 8.90. The molecule has 2 unspecified atom stereocenters. The molecule has 0 aromatic carbocycles. The predicted molar refractivity (Wildman–Crippen MR) is 53.0 cm³/mol. The highest BCUT2D eigenvalue weighted by atomic mass is 16.5. The van der Waals surface area contributed by atoms with Crippen LogP contribution in [0.25, 0.3) is 0 Å². The lowest BCUT2D eigenvalue weighted by molar-refractivity contribution is -0.153. The second kappa shape index (κ2) is 3.87. The Morgan fingerprint density at radius 2 is 2.14 bits per heavy atom. The highest BCUT2D eigenvalue weighted by Crippen LogP contribution is 2.26. The summed E-state index contributed by atoms with van der Waals surface area (Å²) in [5, 5.41) is 0. The number of methoxy groups -OCH3 is 1. The van der Waals surface area contributed by atoms with Crippen molar-refractivity contribution in [2.24, 2.45) is 0 Å². The van der Waals surface area contributed by atoms with Gasteiger partial charge in [0, 0.05) is 19.1 Å². The summed E-state index contributed by atoms with van der Waals surface area (Å²) in [6.07, 6.45) is 2.15. The van der Waals surface area contributed by atoms with Crippen LogP contribution in [0.3, 0.4) is 0 Å². The quantitative estimate of drug-likeness (QED) is 0.582. The van der Waals surface area contributed by atoms with Gasteiger partial charge in [-0.15, -0.1) is 0 Å². The molecule has 2 atom stereocenters. The molecule has 0 radical (unpaired) electrons. The van der Waals surface area contributed by atoms with Crippen LogP contribution in [0, 0.1) is 0 Å². The fourth-order valence-corrected chi connectivity index (χ4v) is 2.42. The van der Waals surface area contributed by atoms with Gasteiger partial charge in [-0.25, -0.2) is 0 Å². The van der Waals surface area contributed by atoms with Crippen molar-refractivity contribution < 1.29 is 9.53 Å². The highest BCUT2D eigenvalue weighted by molar-refractivity contribution is 5.76. The molecule has 2 saturated heterocycles. The zero-order valence-electron chi connectivity index (χ0n) is 8.90. The number of nitrogens with zero attached hydrogens (tertiary/aromatic N) is 2. The summed E-state index contributed by atoms with van der Waals surface area (Å²) in [7, 11) is 3.60. The first-order valence-corrected chi connectivity index (χ1v) is 5.24. The Hall–Kier alpha value is -0.610. The van der Waals surface area contributed by atoms with Gasteiger partial charge in [-0.3, -0.25) is 9.69 Å². The second-order valence-corrected chi connectivity index (χ2v) is 4.27. The Bertz CT molecular complexity index is 232. The summed E-state index contributed by atoms with van der Waals surface area (Å²) in [5.74, 6) is -0.0641. The first-order chi connectivity index (χ1) is 6.72. The molecule has 14 heavy (non-hydrogen) atoms. The Morgan fingerprint density at radius 3 is 2.57 bits per heavy atom. The molecule has 2 aliphatic rings. The third-order valence-electron chi connectivity index (χ3n) is 3.37. The number of esters is 1. The minimum absolute atomic E-state index is 0.0384. The van der Waals surface area contributed by atoms with Gasteiger partial charge in [-0.2, -0.15) is 0 Å². The molecule has 0 saturated carbocycles. The molecular formula is C10H18N2O2. The van der Waals surface area contributed by atoms with Crippen LogP contribution >= 0.6 is 0 Å². The van der Waals surface area contributed by atoms with Crippen LogP contribution in [0.1, 0.15) is 12.8 Å². The molecule has 80 valence electrons. The van der Waals surface area contributed by atoms with Gasteiger partial charge < -0.3 is 9.64 Å². The molecule has 0 aliphatic carbocycles. The lowest BCUT2D eigenvalue weighted by Gasteiger charge is -2.42. The molecule has 0 N–H and O–H groups in total. The largest absolute Gasteiger partial charge is 0.468 e. The number of carbonyl (C=O) groups is 1. The van der Waals surface area contributed by atoms with Gasteiger partial charge in [0.2, 0.25) is 0 Å². The number of carbonyl (C=O) groups excluding carboxylic acids is 1. The van der Waals surface area contributed by atoms with E-state index in [1.165, 1.54) is 13.5 Å². The van der Waals surface area contributed by atoms with Gasteiger partial charge >= 0.3 is 5.97 Å². The van der Waals surface area contributed by atoms with Crippen molar-refractivity contribution in [2.45, 2.75) is 24.9 Å². The van der Waals surface area contributed by atoms with Gasteiger partial charge in [-0.1, -0.05) is 0 Å². The zero-order chi connectivity index (χ0) is 10.1. The van der Waals surface area contributed by atoms with Crippen molar-refractivity contribution in [3.8, 4) is 0 Å². The van der Waals surface area contributed by atoms with Gasteiger partial charge in [0.15, 0.2) is 0 Å². The van der Waals surface area contributed by atoms with Crippen LogP contribution < -0.4 is 0 Å². The molecule has 0 spiro atoms. The molecule has 2 fully saturated rings. The van der Waals surface area contributed by atoms with Crippen LogP contribution in [-0.2, 0) is 9.53 Å². The Balaban J connectivity index is 1.90. The van der Waals surface area contributed by atoms with Crippen molar-refractivity contribution in [1.29, 1.82) is 0 Å². The van der Waals surface area contributed by atoms with Crippen LogP contribution in [0.15, 0.2) is 0 Å². The van der Waals surface area contributed by atoms with Crippen molar-refractivity contribution in [3.63, 3.8) is 0 Å². The maximum atomic E-state index is 11.4. The SMILES string of the molecule is COC(=O)C1CCN1C1CCN(C)C1. The van der Waals surface area contributed by atoms with E-state index in [0.29, 0.717) is 6.04 Å². The van der Waals surface area contributed by atoms with E-state index in [-0.39, 0.29) is 12.0 Å². The average Bonchev–Trinajstić information content (AvgIpc) is 2.49. The summed E-state index contributed by atoms with van der Waals surface area (Å²) in [6.45, 7) is 3.29. The standard InChI is InChI=1S/C10H18N2O2/c1-11-5-3-8(7-11)12-6-4-9(12)10(13)14-2/h8-9H,3-7H2,1-2H3. The van der Waals surface area contributed by atoms with Crippen LogP contribution in [-0.4, -0.2) is 61.6 Å². The summed E-state index contributed by atoms with van der Waals surface area (Å²) in [4.78, 5) is 16.0. The van der Waals surface area contributed by atoms with Gasteiger partial charge in [0.05, 0.1) is 7.11 Å². The fraction of sp³-hybridized carbons (Fsp3) is 0.900. The van der Waals surface area contributed by atoms with Crippen molar-refractivity contribution in [2.75, 3.05) is 33.8 Å². The van der Waals surface area contributed by atoms with E-state index in [4.69, 9.17) is 4.74 Å². The molecule has 4 nitrogen and oxygen atoms in total. The van der Waals surface area contributed by atoms with Crippen LogP contribution in [0.5, 0.6) is 0 Å². The van der Waals surface area contributed by atoms with E-state index < -0.39 is 0 Å². The molecule has 0 bridgehead atoms. The minimum Gasteiger partial charge on any atom is -0.468 e.